The Morgan fingerprint density at radius 2 is 1.86 bits per heavy atom. The fourth-order valence-electron chi connectivity index (χ4n) is 2.15. The van der Waals surface area contributed by atoms with Crippen molar-refractivity contribution in [1.82, 2.24) is 10.6 Å². The van der Waals surface area contributed by atoms with Gasteiger partial charge < -0.3 is 16.4 Å². The first-order valence-corrected chi connectivity index (χ1v) is 7.30. The molecule has 0 saturated heterocycles. The molecule has 116 valence electrons. The van der Waals surface area contributed by atoms with Crippen molar-refractivity contribution in [3.05, 3.63) is 35.9 Å². The summed E-state index contributed by atoms with van der Waals surface area (Å²) in [6.07, 6.45) is 1.94. The van der Waals surface area contributed by atoms with Crippen LogP contribution in [0, 0.1) is 0 Å². The summed E-state index contributed by atoms with van der Waals surface area (Å²) in [6, 6.07) is 8.87. The molecule has 0 saturated carbocycles. The molecule has 1 amide bonds. The lowest BCUT2D eigenvalue weighted by Crippen LogP contribution is -2.49. The van der Waals surface area contributed by atoms with Gasteiger partial charge in [-0.1, -0.05) is 30.3 Å². The highest BCUT2D eigenvalue weighted by molar-refractivity contribution is 5.89. The minimum Gasteiger partial charge on any atom is -0.345 e. The topological polar surface area (TPSA) is 84.2 Å². The number of ketones is 1. The lowest BCUT2D eigenvalue weighted by atomic mass is 10.0. The van der Waals surface area contributed by atoms with Crippen molar-refractivity contribution in [1.29, 1.82) is 0 Å². The Bertz CT molecular complexity index is 448. The Kier molecular flexibility index (Phi) is 7.64. The van der Waals surface area contributed by atoms with Gasteiger partial charge in [0, 0.05) is 0 Å². The molecule has 5 heteroatoms. The third kappa shape index (κ3) is 6.06. The van der Waals surface area contributed by atoms with E-state index in [0.29, 0.717) is 19.4 Å². The molecule has 0 aliphatic heterocycles. The van der Waals surface area contributed by atoms with Crippen LogP contribution in [0.3, 0.4) is 0 Å². The van der Waals surface area contributed by atoms with E-state index in [9.17, 15) is 9.59 Å². The van der Waals surface area contributed by atoms with Gasteiger partial charge in [-0.3, -0.25) is 9.59 Å². The highest BCUT2D eigenvalue weighted by atomic mass is 16.2. The van der Waals surface area contributed by atoms with Gasteiger partial charge in [0.15, 0.2) is 5.78 Å². The van der Waals surface area contributed by atoms with Gasteiger partial charge in [0.2, 0.25) is 5.91 Å². The van der Waals surface area contributed by atoms with Crippen LogP contribution in [-0.2, 0) is 16.0 Å². The third-order valence-corrected chi connectivity index (χ3v) is 3.45. The van der Waals surface area contributed by atoms with Crippen LogP contribution in [0.1, 0.15) is 25.3 Å². The Morgan fingerprint density at radius 1 is 1.19 bits per heavy atom. The van der Waals surface area contributed by atoms with Gasteiger partial charge in [0.25, 0.3) is 0 Å². The highest BCUT2D eigenvalue weighted by Crippen LogP contribution is 2.05. The van der Waals surface area contributed by atoms with E-state index in [2.05, 4.69) is 10.6 Å². The molecule has 0 radical (unpaired) electrons. The second-order valence-electron chi connectivity index (χ2n) is 5.13. The summed E-state index contributed by atoms with van der Waals surface area (Å²) in [5.74, 6) is -0.192. The molecule has 4 N–H and O–H groups in total. The molecule has 0 aliphatic rings. The van der Waals surface area contributed by atoms with E-state index in [0.717, 1.165) is 12.0 Å². The molecule has 0 aliphatic carbocycles. The SMILES string of the molecule is CNC(CCCN)C(=O)NC(Cc1ccccc1)C(C)=O. The Balaban J connectivity index is 2.65. The largest absolute Gasteiger partial charge is 0.345 e. The van der Waals surface area contributed by atoms with E-state index in [4.69, 9.17) is 5.73 Å². The van der Waals surface area contributed by atoms with Crippen LogP contribution in [0.4, 0.5) is 0 Å². The van der Waals surface area contributed by atoms with Gasteiger partial charge in [0.1, 0.15) is 0 Å². The molecule has 1 aromatic rings. The summed E-state index contributed by atoms with van der Waals surface area (Å²) in [7, 11) is 1.74. The van der Waals surface area contributed by atoms with Crippen LogP contribution in [0.5, 0.6) is 0 Å². The molecule has 0 aromatic heterocycles. The summed E-state index contributed by atoms with van der Waals surface area (Å²) in [5, 5.41) is 5.80. The van der Waals surface area contributed by atoms with E-state index in [-0.39, 0.29) is 17.7 Å². The number of carbonyl (C=O) groups is 2. The van der Waals surface area contributed by atoms with Gasteiger partial charge in [-0.15, -0.1) is 0 Å². The number of carbonyl (C=O) groups excluding carboxylic acids is 2. The standard InChI is InChI=1S/C16H25N3O2/c1-12(20)15(11-13-7-4-3-5-8-13)19-16(21)14(18-2)9-6-10-17/h3-5,7-8,14-15,18H,6,9-11,17H2,1-2H3,(H,19,21). The molecule has 0 fully saturated rings. The van der Waals surface area contributed by atoms with Crippen molar-refractivity contribution in [2.45, 2.75) is 38.3 Å². The number of nitrogens with two attached hydrogens (primary N) is 1. The zero-order valence-corrected chi connectivity index (χ0v) is 12.8. The van der Waals surface area contributed by atoms with Crippen LogP contribution in [0.15, 0.2) is 30.3 Å². The normalized spacial score (nSPS) is 13.5. The third-order valence-electron chi connectivity index (χ3n) is 3.45. The summed E-state index contributed by atoms with van der Waals surface area (Å²) < 4.78 is 0. The van der Waals surface area contributed by atoms with Gasteiger partial charge in [0.05, 0.1) is 12.1 Å². The number of rotatable bonds is 9. The molecule has 2 atom stereocenters. The first-order chi connectivity index (χ1) is 10.1. The van der Waals surface area contributed by atoms with Gasteiger partial charge >= 0.3 is 0 Å². The molecule has 2 unspecified atom stereocenters. The fraction of sp³-hybridized carbons (Fsp3) is 0.500. The van der Waals surface area contributed by atoms with Crippen LogP contribution in [0.2, 0.25) is 0 Å². The van der Waals surface area contributed by atoms with Gasteiger partial charge in [-0.25, -0.2) is 0 Å². The smallest absolute Gasteiger partial charge is 0.237 e. The number of hydrogen-bond acceptors (Lipinski definition) is 4. The maximum absolute atomic E-state index is 12.2. The highest BCUT2D eigenvalue weighted by Gasteiger charge is 2.22. The Morgan fingerprint density at radius 3 is 2.38 bits per heavy atom. The molecular weight excluding hydrogens is 266 g/mol. The van der Waals surface area contributed by atoms with E-state index in [1.807, 2.05) is 30.3 Å². The number of likely N-dealkylation sites (N-methyl/N-ethyl adjacent to an activating group) is 1. The van der Waals surface area contributed by atoms with Crippen molar-refractivity contribution < 1.29 is 9.59 Å². The Labute approximate surface area is 126 Å². The molecule has 0 heterocycles. The lowest BCUT2D eigenvalue weighted by Gasteiger charge is -2.21. The second-order valence-corrected chi connectivity index (χ2v) is 5.13. The van der Waals surface area contributed by atoms with Crippen molar-refractivity contribution in [2.24, 2.45) is 5.73 Å². The van der Waals surface area contributed by atoms with Crippen molar-refractivity contribution in [2.75, 3.05) is 13.6 Å². The zero-order chi connectivity index (χ0) is 15.7. The number of Topliss-reactive ketones (excluding diaryl/α,β-unsaturated/α-hetero) is 1. The van der Waals surface area contributed by atoms with Gasteiger partial charge in [-0.05, 0) is 45.3 Å². The summed E-state index contributed by atoms with van der Waals surface area (Å²) in [4.78, 5) is 24.0. The minimum atomic E-state index is -0.492. The number of hydrogen-bond donors (Lipinski definition) is 3. The predicted octanol–water partition coefficient (Wildman–Crippen LogP) is 0.630. The molecule has 0 bridgehead atoms. The maximum Gasteiger partial charge on any atom is 0.237 e. The van der Waals surface area contributed by atoms with Crippen molar-refractivity contribution in [3.63, 3.8) is 0 Å². The molecular formula is C16H25N3O2. The minimum absolute atomic E-state index is 0.0409. The van der Waals surface area contributed by atoms with Crippen LogP contribution in [-0.4, -0.2) is 37.4 Å². The molecule has 0 spiro atoms. The molecule has 21 heavy (non-hydrogen) atoms. The second kappa shape index (κ2) is 9.26. The number of benzene rings is 1. The maximum atomic E-state index is 12.2. The number of amides is 1. The lowest BCUT2D eigenvalue weighted by molar-refractivity contribution is -0.128. The van der Waals surface area contributed by atoms with Crippen LogP contribution < -0.4 is 16.4 Å². The predicted molar refractivity (Wildman–Crippen MR) is 83.9 cm³/mol. The van der Waals surface area contributed by atoms with Crippen LogP contribution >= 0.6 is 0 Å². The van der Waals surface area contributed by atoms with E-state index in [1.54, 1.807) is 7.05 Å². The van der Waals surface area contributed by atoms with Crippen LogP contribution in [0.25, 0.3) is 0 Å². The van der Waals surface area contributed by atoms with E-state index >= 15 is 0 Å². The summed E-state index contributed by atoms with van der Waals surface area (Å²) in [6.45, 7) is 2.05. The molecule has 5 nitrogen and oxygen atoms in total. The van der Waals surface area contributed by atoms with Crippen molar-refractivity contribution in [3.8, 4) is 0 Å². The average molecular weight is 291 g/mol. The zero-order valence-electron chi connectivity index (χ0n) is 12.8. The van der Waals surface area contributed by atoms with Gasteiger partial charge in [-0.2, -0.15) is 0 Å². The monoisotopic (exact) mass is 291 g/mol. The molecule has 1 rings (SSSR count). The first kappa shape index (κ1) is 17.3. The number of nitrogens with one attached hydrogen (secondary N) is 2. The average Bonchev–Trinajstić information content (AvgIpc) is 2.48. The van der Waals surface area contributed by atoms with E-state index in [1.165, 1.54) is 6.92 Å². The van der Waals surface area contributed by atoms with E-state index < -0.39 is 6.04 Å². The fourth-order valence-corrected chi connectivity index (χ4v) is 2.15. The quantitative estimate of drug-likeness (QED) is 0.623. The summed E-state index contributed by atoms with van der Waals surface area (Å²) in [5.41, 5.74) is 6.50. The molecule has 1 aromatic carbocycles. The Hall–Kier alpha value is -1.72. The van der Waals surface area contributed by atoms with Crippen molar-refractivity contribution >= 4 is 11.7 Å². The summed E-state index contributed by atoms with van der Waals surface area (Å²) >= 11 is 0. The first-order valence-electron chi connectivity index (χ1n) is 7.30.